The fourth-order valence-corrected chi connectivity index (χ4v) is 4.03. The molecule has 4 rings (SSSR count). The normalized spacial score (nSPS) is 13.3. The molecule has 6 heteroatoms. The maximum atomic E-state index is 13.7. The maximum absolute atomic E-state index is 13.7. The van der Waals surface area contributed by atoms with Gasteiger partial charge in [0, 0.05) is 13.1 Å². The van der Waals surface area contributed by atoms with Gasteiger partial charge in [-0.15, -0.1) is 0 Å². The van der Waals surface area contributed by atoms with E-state index in [4.69, 9.17) is 10.00 Å². The van der Waals surface area contributed by atoms with Crippen LogP contribution in [0.4, 0.5) is 5.69 Å². The summed E-state index contributed by atoms with van der Waals surface area (Å²) < 4.78 is 5.54. The third kappa shape index (κ3) is 4.41. The highest BCUT2D eigenvalue weighted by Gasteiger charge is 2.42. The molecule has 6 nitrogen and oxygen atoms in total. The minimum absolute atomic E-state index is 0.357. The Morgan fingerprint density at radius 2 is 1.56 bits per heavy atom. The van der Waals surface area contributed by atoms with Crippen molar-refractivity contribution < 1.29 is 14.3 Å². The van der Waals surface area contributed by atoms with Gasteiger partial charge in [0.1, 0.15) is 11.4 Å². The van der Waals surface area contributed by atoms with E-state index < -0.39 is 0 Å². The summed E-state index contributed by atoms with van der Waals surface area (Å²) in [7, 11) is 0. The van der Waals surface area contributed by atoms with Crippen molar-refractivity contribution in [3.8, 4) is 11.8 Å². The highest BCUT2D eigenvalue weighted by atomic mass is 16.5. The molecular formula is C28H25N3O3. The first-order chi connectivity index (χ1) is 16.6. The van der Waals surface area contributed by atoms with Gasteiger partial charge in [0.15, 0.2) is 0 Å². The molecule has 0 aliphatic carbocycles. The second-order valence-electron chi connectivity index (χ2n) is 7.79. The molecule has 0 fully saturated rings. The van der Waals surface area contributed by atoms with Crippen molar-refractivity contribution in [2.45, 2.75) is 20.4 Å². The van der Waals surface area contributed by atoms with Crippen LogP contribution in [-0.2, 0) is 16.1 Å². The third-order valence-corrected chi connectivity index (χ3v) is 5.68. The molecule has 34 heavy (non-hydrogen) atoms. The number of amides is 2. The predicted molar refractivity (Wildman–Crippen MR) is 131 cm³/mol. The van der Waals surface area contributed by atoms with Gasteiger partial charge in [-0.1, -0.05) is 42.5 Å². The summed E-state index contributed by atoms with van der Waals surface area (Å²) in [6.07, 6.45) is 0. The minimum atomic E-state index is -0.389. The number of carbonyl (C=O) groups is 2. The van der Waals surface area contributed by atoms with Crippen LogP contribution in [0, 0.1) is 11.3 Å². The molecule has 1 aliphatic rings. The molecule has 0 aromatic heterocycles. The van der Waals surface area contributed by atoms with Crippen LogP contribution in [0.25, 0.3) is 5.57 Å². The number of likely N-dealkylation sites (N-methyl/N-ethyl adjacent to an activating group) is 1. The van der Waals surface area contributed by atoms with Crippen LogP contribution >= 0.6 is 0 Å². The van der Waals surface area contributed by atoms with Crippen LogP contribution in [0.15, 0.2) is 84.6 Å². The smallest absolute Gasteiger partial charge is 0.282 e. The lowest BCUT2D eigenvalue weighted by molar-refractivity contribution is -0.120. The van der Waals surface area contributed by atoms with Gasteiger partial charge in [0.2, 0.25) is 0 Å². The fourth-order valence-electron chi connectivity index (χ4n) is 4.03. The van der Waals surface area contributed by atoms with Gasteiger partial charge in [0.05, 0.1) is 29.5 Å². The molecule has 1 aliphatic heterocycles. The Hall–Kier alpha value is -4.37. The van der Waals surface area contributed by atoms with Crippen molar-refractivity contribution in [1.82, 2.24) is 4.90 Å². The number of benzene rings is 3. The summed E-state index contributed by atoms with van der Waals surface area (Å²) in [5, 5.41) is 9.11. The van der Waals surface area contributed by atoms with Crippen molar-refractivity contribution in [3.05, 3.63) is 101 Å². The summed E-state index contributed by atoms with van der Waals surface area (Å²) >= 11 is 0. The van der Waals surface area contributed by atoms with Crippen molar-refractivity contribution in [1.29, 1.82) is 5.26 Å². The summed E-state index contributed by atoms with van der Waals surface area (Å²) in [6.45, 7) is 5.45. The van der Waals surface area contributed by atoms with Crippen LogP contribution in [0.3, 0.4) is 0 Å². The van der Waals surface area contributed by atoms with Gasteiger partial charge >= 0.3 is 0 Å². The van der Waals surface area contributed by atoms with Gasteiger partial charge in [0.25, 0.3) is 11.8 Å². The molecule has 0 N–H and O–H groups in total. The van der Waals surface area contributed by atoms with Crippen LogP contribution in [0.2, 0.25) is 0 Å². The zero-order chi connectivity index (χ0) is 24.1. The molecule has 0 saturated carbocycles. The zero-order valence-electron chi connectivity index (χ0n) is 19.2. The Bertz CT molecular complexity index is 1260. The summed E-state index contributed by atoms with van der Waals surface area (Å²) in [6, 6.07) is 25.6. The molecule has 0 spiro atoms. The lowest BCUT2D eigenvalue weighted by atomic mass is 10.0. The van der Waals surface area contributed by atoms with Crippen LogP contribution in [-0.4, -0.2) is 29.9 Å². The van der Waals surface area contributed by atoms with Gasteiger partial charge in [-0.05, 0) is 61.4 Å². The fraction of sp³-hybridized carbons (Fsp3) is 0.179. The molecule has 0 radical (unpaired) electrons. The molecule has 3 aromatic rings. The average Bonchev–Trinajstić information content (AvgIpc) is 3.13. The van der Waals surface area contributed by atoms with E-state index in [2.05, 4.69) is 6.07 Å². The monoisotopic (exact) mass is 451 g/mol. The highest BCUT2D eigenvalue weighted by Crippen LogP contribution is 2.36. The van der Waals surface area contributed by atoms with Crippen molar-refractivity contribution in [2.75, 3.05) is 18.1 Å². The zero-order valence-corrected chi connectivity index (χ0v) is 19.2. The topological polar surface area (TPSA) is 73.6 Å². The van der Waals surface area contributed by atoms with Gasteiger partial charge in [-0.25, -0.2) is 4.90 Å². The van der Waals surface area contributed by atoms with E-state index in [0.717, 1.165) is 5.56 Å². The summed E-state index contributed by atoms with van der Waals surface area (Å²) in [4.78, 5) is 30.5. The van der Waals surface area contributed by atoms with E-state index in [0.29, 0.717) is 53.5 Å². The van der Waals surface area contributed by atoms with E-state index in [1.54, 1.807) is 36.4 Å². The molecule has 0 atom stereocenters. The third-order valence-electron chi connectivity index (χ3n) is 5.68. The average molecular weight is 452 g/mol. The Labute approximate surface area is 199 Å². The van der Waals surface area contributed by atoms with Crippen LogP contribution in [0.5, 0.6) is 5.75 Å². The number of anilines is 1. The molecule has 170 valence electrons. The van der Waals surface area contributed by atoms with Gasteiger partial charge in [-0.2, -0.15) is 5.26 Å². The Morgan fingerprint density at radius 1 is 0.882 bits per heavy atom. The molecule has 0 bridgehead atoms. The second-order valence-corrected chi connectivity index (χ2v) is 7.79. The quantitative estimate of drug-likeness (QED) is 0.462. The lowest BCUT2D eigenvalue weighted by Crippen LogP contribution is -2.35. The van der Waals surface area contributed by atoms with E-state index >= 15 is 0 Å². The maximum Gasteiger partial charge on any atom is 0.282 e. The number of hydrogen-bond donors (Lipinski definition) is 0. The van der Waals surface area contributed by atoms with E-state index in [1.807, 2.05) is 61.2 Å². The summed E-state index contributed by atoms with van der Waals surface area (Å²) in [5.74, 6) is -0.0671. The Balaban J connectivity index is 1.80. The van der Waals surface area contributed by atoms with Crippen molar-refractivity contribution >= 4 is 23.1 Å². The molecule has 0 unspecified atom stereocenters. The number of hydrogen-bond acceptors (Lipinski definition) is 5. The second kappa shape index (κ2) is 10.1. The van der Waals surface area contributed by atoms with Crippen molar-refractivity contribution in [2.24, 2.45) is 0 Å². The first-order valence-corrected chi connectivity index (χ1v) is 11.2. The molecular weight excluding hydrogens is 426 g/mol. The number of carbonyl (C=O) groups excluding carboxylic acids is 2. The molecule has 3 aromatic carbocycles. The number of nitriles is 1. The predicted octanol–water partition coefficient (Wildman–Crippen LogP) is 4.76. The minimum Gasteiger partial charge on any atom is -0.494 e. The van der Waals surface area contributed by atoms with Gasteiger partial charge < -0.3 is 9.64 Å². The molecule has 0 saturated heterocycles. The number of imide groups is 1. The number of ether oxygens (including phenoxy) is 1. The van der Waals surface area contributed by atoms with E-state index in [1.165, 1.54) is 4.90 Å². The first kappa shape index (κ1) is 22.8. The Morgan fingerprint density at radius 3 is 2.15 bits per heavy atom. The standard InChI is InChI=1S/C28H25N3O3/c1-3-30(19-21-8-6-5-7-9-21)26-25(22-12-16-24(17-13-22)34-4-2)27(32)31(28(26)33)23-14-10-20(18-29)11-15-23/h5-17H,3-4,19H2,1-2H3. The van der Waals surface area contributed by atoms with Gasteiger partial charge in [-0.3, -0.25) is 9.59 Å². The van der Waals surface area contributed by atoms with Crippen LogP contribution < -0.4 is 9.64 Å². The molecule has 2 amide bonds. The van der Waals surface area contributed by atoms with Crippen LogP contribution in [0.1, 0.15) is 30.5 Å². The Kier molecular flexibility index (Phi) is 6.74. The van der Waals surface area contributed by atoms with E-state index in [9.17, 15) is 9.59 Å². The SMILES string of the molecule is CCOc1ccc(C2=C(N(CC)Cc3ccccc3)C(=O)N(c3ccc(C#N)cc3)C2=O)cc1. The van der Waals surface area contributed by atoms with E-state index in [-0.39, 0.29) is 11.8 Å². The first-order valence-electron chi connectivity index (χ1n) is 11.2. The number of nitrogens with zero attached hydrogens (tertiary/aromatic N) is 3. The summed E-state index contributed by atoms with van der Waals surface area (Å²) in [5.41, 5.74) is 3.31. The van der Waals surface area contributed by atoms with Crippen molar-refractivity contribution in [3.63, 3.8) is 0 Å². The highest BCUT2D eigenvalue weighted by molar-refractivity contribution is 6.45. The largest absolute Gasteiger partial charge is 0.494 e. The number of rotatable bonds is 8. The lowest BCUT2D eigenvalue weighted by Gasteiger charge is -2.25. The molecule has 1 heterocycles.